The Bertz CT molecular complexity index is 483. The highest BCUT2D eigenvalue weighted by Crippen LogP contribution is 2.41. The van der Waals surface area contributed by atoms with Crippen LogP contribution >= 0.6 is 0 Å². The van der Waals surface area contributed by atoms with Crippen molar-refractivity contribution in [3.8, 4) is 0 Å². The molecule has 23 heavy (non-hydrogen) atoms. The summed E-state index contributed by atoms with van der Waals surface area (Å²) in [7, 11) is 0. The minimum absolute atomic E-state index is 0.381. The number of aliphatic hydroxyl groups is 1. The third-order valence-electron chi connectivity index (χ3n) is 4.88. The van der Waals surface area contributed by atoms with Crippen molar-refractivity contribution in [2.75, 3.05) is 19.6 Å². The smallest absolute Gasteiger partial charge is 0.191 e. The van der Waals surface area contributed by atoms with Gasteiger partial charge in [-0.05, 0) is 49.3 Å². The monoisotopic (exact) mass is 318 g/mol. The summed E-state index contributed by atoms with van der Waals surface area (Å²) in [4.78, 5) is 8.75. The van der Waals surface area contributed by atoms with E-state index < -0.39 is 6.10 Å². The van der Waals surface area contributed by atoms with Gasteiger partial charge in [0.15, 0.2) is 5.96 Å². The van der Waals surface area contributed by atoms with Crippen LogP contribution in [0.2, 0.25) is 0 Å². The van der Waals surface area contributed by atoms with E-state index >= 15 is 0 Å². The number of hydrogen-bond donors (Lipinski definition) is 3. The molecule has 1 aromatic rings. The predicted octanol–water partition coefficient (Wildman–Crippen LogP) is 2.64. The molecule has 0 aromatic carbocycles. The van der Waals surface area contributed by atoms with E-state index in [1.54, 1.807) is 12.4 Å². The molecule has 3 N–H and O–H groups in total. The Morgan fingerprint density at radius 2 is 1.96 bits per heavy atom. The standard InChI is InChI=1S/C18H30N4O/c1-3-18(9-5-6-10-18)14-22-17(20-4-2)21-13-16(23)15-7-11-19-12-8-15/h7-8,11-12,16,23H,3-6,9-10,13-14H2,1-2H3,(H2,20,21,22). The van der Waals surface area contributed by atoms with Gasteiger partial charge in [0.1, 0.15) is 0 Å². The molecule has 0 spiro atoms. The zero-order valence-electron chi connectivity index (χ0n) is 14.4. The summed E-state index contributed by atoms with van der Waals surface area (Å²) in [5, 5.41) is 16.8. The Morgan fingerprint density at radius 3 is 2.57 bits per heavy atom. The first-order valence-corrected chi connectivity index (χ1v) is 8.79. The lowest BCUT2D eigenvalue weighted by molar-refractivity contribution is 0.180. The number of pyridine rings is 1. The molecule has 1 saturated carbocycles. The number of hydrogen-bond acceptors (Lipinski definition) is 3. The number of guanidine groups is 1. The van der Waals surface area contributed by atoms with Gasteiger partial charge in [0, 0.05) is 32.0 Å². The third-order valence-corrected chi connectivity index (χ3v) is 4.88. The maximum Gasteiger partial charge on any atom is 0.191 e. The Labute approximate surface area is 139 Å². The Hall–Kier alpha value is -1.62. The molecule has 5 heteroatoms. The van der Waals surface area contributed by atoms with Gasteiger partial charge >= 0.3 is 0 Å². The quantitative estimate of drug-likeness (QED) is 0.534. The van der Waals surface area contributed by atoms with Crippen molar-refractivity contribution in [3.63, 3.8) is 0 Å². The topological polar surface area (TPSA) is 69.5 Å². The van der Waals surface area contributed by atoms with Crippen molar-refractivity contribution in [2.45, 2.75) is 52.1 Å². The van der Waals surface area contributed by atoms with Crippen LogP contribution in [-0.2, 0) is 0 Å². The lowest BCUT2D eigenvalue weighted by Crippen LogP contribution is -2.40. The van der Waals surface area contributed by atoms with E-state index in [1.807, 2.05) is 12.1 Å². The number of aliphatic hydroxyl groups excluding tert-OH is 1. The summed E-state index contributed by atoms with van der Waals surface area (Å²) < 4.78 is 0. The first-order valence-electron chi connectivity index (χ1n) is 8.79. The van der Waals surface area contributed by atoms with Gasteiger partial charge in [-0.3, -0.25) is 9.98 Å². The zero-order chi connectivity index (χ0) is 16.5. The average Bonchev–Trinajstić information content (AvgIpc) is 3.07. The summed E-state index contributed by atoms with van der Waals surface area (Å²) >= 11 is 0. The molecule has 5 nitrogen and oxygen atoms in total. The molecule has 1 unspecified atom stereocenters. The van der Waals surface area contributed by atoms with Crippen molar-refractivity contribution in [2.24, 2.45) is 10.4 Å². The first kappa shape index (κ1) is 17.7. The summed E-state index contributed by atoms with van der Waals surface area (Å²) in [5.41, 5.74) is 1.25. The van der Waals surface area contributed by atoms with Gasteiger partial charge in [0.2, 0.25) is 0 Å². The molecule has 1 aliphatic rings. The van der Waals surface area contributed by atoms with Gasteiger partial charge in [-0.15, -0.1) is 0 Å². The Morgan fingerprint density at radius 1 is 1.26 bits per heavy atom. The molecule has 1 fully saturated rings. The molecule has 0 amide bonds. The molecule has 0 bridgehead atoms. The molecule has 128 valence electrons. The first-order chi connectivity index (χ1) is 11.2. The molecule has 1 aliphatic carbocycles. The van der Waals surface area contributed by atoms with Gasteiger partial charge in [-0.25, -0.2) is 0 Å². The van der Waals surface area contributed by atoms with Crippen LogP contribution in [0.4, 0.5) is 0 Å². The number of aromatic nitrogens is 1. The summed E-state index contributed by atoms with van der Waals surface area (Å²) in [6, 6.07) is 3.67. The van der Waals surface area contributed by atoms with Gasteiger partial charge in [0.05, 0.1) is 6.10 Å². The SMILES string of the molecule is CCNC(=NCC1(CC)CCCC1)NCC(O)c1ccncc1. The number of nitrogens with zero attached hydrogens (tertiary/aromatic N) is 2. The molecule has 0 radical (unpaired) electrons. The maximum atomic E-state index is 10.2. The highest BCUT2D eigenvalue weighted by atomic mass is 16.3. The van der Waals surface area contributed by atoms with Crippen LogP contribution in [0.25, 0.3) is 0 Å². The molecular weight excluding hydrogens is 288 g/mol. The Kier molecular flexibility index (Phi) is 6.84. The summed E-state index contributed by atoms with van der Waals surface area (Å²) in [5.74, 6) is 0.792. The normalized spacial score (nSPS) is 18.7. The van der Waals surface area contributed by atoms with Crippen LogP contribution in [0.15, 0.2) is 29.5 Å². The van der Waals surface area contributed by atoms with E-state index in [2.05, 4.69) is 29.5 Å². The Balaban J connectivity index is 1.91. The molecule has 2 rings (SSSR count). The van der Waals surface area contributed by atoms with Gasteiger partial charge < -0.3 is 15.7 Å². The molecule has 1 aromatic heterocycles. The van der Waals surface area contributed by atoms with E-state index in [0.717, 1.165) is 24.6 Å². The highest BCUT2D eigenvalue weighted by molar-refractivity contribution is 5.79. The van der Waals surface area contributed by atoms with Gasteiger partial charge in [-0.2, -0.15) is 0 Å². The van der Waals surface area contributed by atoms with Crippen LogP contribution in [-0.4, -0.2) is 35.7 Å². The summed E-state index contributed by atoms with van der Waals surface area (Å²) in [6.07, 6.45) is 9.25. The van der Waals surface area contributed by atoms with Crippen LogP contribution in [0, 0.1) is 5.41 Å². The molecule has 0 aliphatic heterocycles. The average molecular weight is 318 g/mol. The van der Waals surface area contributed by atoms with Crippen molar-refractivity contribution < 1.29 is 5.11 Å². The van der Waals surface area contributed by atoms with E-state index in [1.165, 1.54) is 32.1 Å². The fraction of sp³-hybridized carbons (Fsp3) is 0.667. The van der Waals surface area contributed by atoms with Gasteiger partial charge in [0.25, 0.3) is 0 Å². The largest absolute Gasteiger partial charge is 0.387 e. The molecular formula is C18H30N4O. The van der Waals surface area contributed by atoms with Crippen molar-refractivity contribution >= 4 is 5.96 Å². The molecule has 1 heterocycles. The van der Waals surface area contributed by atoms with E-state index in [-0.39, 0.29) is 0 Å². The van der Waals surface area contributed by atoms with E-state index in [0.29, 0.717) is 12.0 Å². The minimum Gasteiger partial charge on any atom is -0.387 e. The fourth-order valence-electron chi connectivity index (χ4n) is 3.23. The minimum atomic E-state index is -0.562. The van der Waals surface area contributed by atoms with Crippen LogP contribution in [0.1, 0.15) is 57.6 Å². The number of rotatable bonds is 7. The molecule has 0 saturated heterocycles. The zero-order valence-corrected chi connectivity index (χ0v) is 14.4. The van der Waals surface area contributed by atoms with Crippen LogP contribution in [0.5, 0.6) is 0 Å². The van der Waals surface area contributed by atoms with Crippen molar-refractivity contribution in [3.05, 3.63) is 30.1 Å². The summed E-state index contributed by atoms with van der Waals surface area (Å²) in [6.45, 7) is 6.45. The van der Waals surface area contributed by atoms with Crippen LogP contribution < -0.4 is 10.6 Å². The second-order valence-electron chi connectivity index (χ2n) is 6.43. The number of nitrogens with one attached hydrogen (secondary N) is 2. The predicted molar refractivity (Wildman–Crippen MR) is 94.4 cm³/mol. The van der Waals surface area contributed by atoms with E-state index in [4.69, 9.17) is 4.99 Å². The third kappa shape index (κ3) is 5.20. The highest BCUT2D eigenvalue weighted by Gasteiger charge is 2.31. The van der Waals surface area contributed by atoms with E-state index in [9.17, 15) is 5.11 Å². The lowest BCUT2D eigenvalue weighted by atomic mass is 9.84. The maximum absolute atomic E-state index is 10.2. The van der Waals surface area contributed by atoms with Crippen LogP contribution in [0.3, 0.4) is 0 Å². The second kappa shape index (κ2) is 8.87. The van der Waals surface area contributed by atoms with Crippen molar-refractivity contribution in [1.29, 1.82) is 0 Å². The lowest BCUT2D eigenvalue weighted by Gasteiger charge is -2.26. The van der Waals surface area contributed by atoms with Crippen molar-refractivity contribution in [1.82, 2.24) is 15.6 Å². The second-order valence-corrected chi connectivity index (χ2v) is 6.43. The van der Waals surface area contributed by atoms with Gasteiger partial charge in [-0.1, -0.05) is 19.8 Å². The fourth-order valence-corrected chi connectivity index (χ4v) is 3.23. The number of aliphatic imine (C=N–C) groups is 1. The molecule has 1 atom stereocenters.